The minimum atomic E-state index is -0.739. The molecule has 0 radical (unpaired) electrons. The summed E-state index contributed by atoms with van der Waals surface area (Å²) in [5, 5.41) is 5.76. The Kier molecular flexibility index (Phi) is 3.91. The van der Waals surface area contributed by atoms with Crippen molar-refractivity contribution < 1.29 is 9.59 Å². The first-order chi connectivity index (χ1) is 7.41. The number of amides is 2. The number of hydrogen-bond donors (Lipinski definition) is 2. The number of rotatable bonds is 3. The van der Waals surface area contributed by atoms with Crippen LogP contribution >= 0.6 is 0 Å². The molecule has 5 heteroatoms. The molecule has 2 amide bonds. The van der Waals surface area contributed by atoms with Crippen molar-refractivity contribution in [2.45, 2.75) is 26.3 Å². The fourth-order valence-corrected chi connectivity index (χ4v) is 1.94. The summed E-state index contributed by atoms with van der Waals surface area (Å²) in [4.78, 5) is 25.5. The molecule has 1 aliphatic heterocycles. The van der Waals surface area contributed by atoms with E-state index in [2.05, 4.69) is 10.6 Å². The predicted molar refractivity (Wildman–Crippen MR) is 61.9 cm³/mol. The minimum absolute atomic E-state index is 0.0363. The molecule has 1 atom stereocenters. The Balaban J connectivity index is 2.78. The van der Waals surface area contributed by atoms with E-state index in [1.165, 1.54) is 0 Å². The molecule has 1 rings (SSSR count). The van der Waals surface area contributed by atoms with Gasteiger partial charge in [-0.3, -0.25) is 9.59 Å². The van der Waals surface area contributed by atoms with Gasteiger partial charge in [-0.15, -0.1) is 0 Å². The van der Waals surface area contributed by atoms with Gasteiger partial charge in [-0.25, -0.2) is 0 Å². The third-order valence-corrected chi connectivity index (χ3v) is 3.05. The molecule has 1 heterocycles. The summed E-state index contributed by atoms with van der Waals surface area (Å²) in [5.74, 6) is -0.145. The average Bonchev–Trinajstić information content (AvgIpc) is 2.21. The van der Waals surface area contributed by atoms with Crippen molar-refractivity contribution in [3.05, 3.63) is 0 Å². The molecule has 1 fully saturated rings. The summed E-state index contributed by atoms with van der Waals surface area (Å²) in [5.41, 5.74) is -0.739. The van der Waals surface area contributed by atoms with Gasteiger partial charge in [0.1, 0.15) is 5.54 Å². The van der Waals surface area contributed by atoms with Crippen LogP contribution in [-0.2, 0) is 9.59 Å². The van der Waals surface area contributed by atoms with Crippen molar-refractivity contribution in [1.82, 2.24) is 15.5 Å². The van der Waals surface area contributed by atoms with Crippen molar-refractivity contribution in [3.8, 4) is 0 Å². The monoisotopic (exact) mass is 227 g/mol. The number of carbonyl (C=O) groups is 2. The van der Waals surface area contributed by atoms with Crippen molar-refractivity contribution in [1.29, 1.82) is 0 Å². The molecular formula is C11H21N3O2. The summed E-state index contributed by atoms with van der Waals surface area (Å²) in [7, 11) is 1.82. The maximum atomic E-state index is 12.2. The molecule has 2 N–H and O–H groups in total. The lowest BCUT2D eigenvalue weighted by atomic mass is 9.96. The second kappa shape index (κ2) is 4.82. The minimum Gasteiger partial charge on any atom is -0.352 e. The molecule has 1 unspecified atom stereocenters. The van der Waals surface area contributed by atoms with Crippen LogP contribution in [0.4, 0.5) is 0 Å². The second-order valence-corrected chi connectivity index (χ2v) is 4.76. The highest BCUT2D eigenvalue weighted by molar-refractivity contribution is 5.92. The third-order valence-electron chi connectivity index (χ3n) is 3.05. The molecule has 5 nitrogen and oxygen atoms in total. The van der Waals surface area contributed by atoms with Crippen LogP contribution in [0.5, 0.6) is 0 Å². The number of nitrogens with zero attached hydrogens (tertiary/aromatic N) is 1. The lowest BCUT2D eigenvalue weighted by Crippen LogP contribution is -2.64. The van der Waals surface area contributed by atoms with Gasteiger partial charge in [0.2, 0.25) is 11.8 Å². The summed E-state index contributed by atoms with van der Waals surface area (Å²) in [6, 6.07) is 0. The third kappa shape index (κ3) is 2.35. The Morgan fingerprint density at radius 3 is 2.81 bits per heavy atom. The smallest absolute Gasteiger partial charge is 0.245 e. The first-order valence-electron chi connectivity index (χ1n) is 5.65. The molecule has 0 saturated carbocycles. The van der Waals surface area contributed by atoms with E-state index in [4.69, 9.17) is 0 Å². The Morgan fingerprint density at radius 2 is 2.25 bits per heavy atom. The van der Waals surface area contributed by atoms with Gasteiger partial charge in [0, 0.05) is 25.6 Å². The lowest BCUT2D eigenvalue weighted by molar-refractivity contribution is -0.151. The van der Waals surface area contributed by atoms with Gasteiger partial charge in [0.05, 0.1) is 0 Å². The normalized spacial score (nSPS) is 21.5. The quantitative estimate of drug-likeness (QED) is 0.688. The van der Waals surface area contributed by atoms with Crippen LogP contribution in [0.15, 0.2) is 0 Å². The Labute approximate surface area is 96.6 Å². The van der Waals surface area contributed by atoms with Crippen molar-refractivity contribution in [2.75, 3.05) is 26.7 Å². The van der Waals surface area contributed by atoms with E-state index in [0.717, 1.165) is 0 Å². The fourth-order valence-electron chi connectivity index (χ4n) is 1.94. The lowest BCUT2D eigenvalue weighted by Gasteiger charge is -2.42. The number of nitrogens with one attached hydrogen (secondary N) is 2. The van der Waals surface area contributed by atoms with Crippen LogP contribution in [0, 0.1) is 5.92 Å². The Hall–Kier alpha value is -1.10. The molecule has 92 valence electrons. The van der Waals surface area contributed by atoms with E-state index in [0.29, 0.717) is 19.6 Å². The summed E-state index contributed by atoms with van der Waals surface area (Å²) < 4.78 is 0. The number of piperazine rings is 1. The zero-order chi connectivity index (χ0) is 12.3. The molecule has 0 aliphatic carbocycles. The van der Waals surface area contributed by atoms with E-state index >= 15 is 0 Å². The maximum Gasteiger partial charge on any atom is 0.245 e. The number of hydrogen-bond acceptors (Lipinski definition) is 3. The summed E-state index contributed by atoms with van der Waals surface area (Å²) >= 11 is 0. The molecule has 0 aromatic carbocycles. The van der Waals surface area contributed by atoms with E-state index in [9.17, 15) is 9.59 Å². The first-order valence-corrected chi connectivity index (χ1v) is 5.65. The van der Waals surface area contributed by atoms with Crippen LogP contribution < -0.4 is 10.6 Å². The van der Waals surface area contributed by atoms with Gasteiger partial charge in [0.15, 0.2) is 0 Å². The number of carbonyl (C=O) groups excluding carboxylic acids is 2. The molecule has 1 saturated heterocycles. The molecule has 0 bridgehead atoms. The van der Waals surface area contributed by atoms with Crippen molar-refractivity contribution in [3.63, 3.8) is 0 Å². The highest BCUT2D eigenvalue weighted by Gasteiger charge is 2.41. The van der Waals surface area contributed by atoms with Crippen molar-refractivity contribution >= 4 is 11.8 Å². The van der Waals surface area contributed by atoms with Gasteiger partial charge >= 0.3 is 0 Å². The van der Waals surface area contributed by atoms with Gasteiger partial charge in [-0.1, -0.05) is 6.92 Å². The van der Waals surface area contributed by atoms with E-state index in [1.807, 2.05) is 14.0 Å². The standard InChI is InChI=1S/C11H21N3O2/c1-8(7-12-4)9(15)14-6-5-13-10(16)11(14,2)3/h8,12H,5-7H2,1-4H3,(H,13,16). The van der Waals surface area contributed by atoms with E-state index < -0.39 is 5.54 Å². The van der Waals surface area contributed by atoms with E-state index in [1.54, 1.807) is 18.7 Å². The van der Waals surface area contributed by atoms with Gasteiger partial charge in [0.25, 0.3) is 0 Å². The van der Waals surface area contributed by atoms with Gasteiger partial charge in [-0.05, 0) is 20.9 Å². The van der Waals surface area contributed by atoms with Gasteiger partial charge in [-0.2, -0.15) is 0 Å². The van der Waals surface area contributed by atoms with Crippen LogP contribution in [0.1, 0.15) is 20.8 Å². The van der Waals surface area contributed by atoms with Crippen molar-refractivity contribution in [2.24, 2.45) is 5.92 Å². The SMILES string of the molecule is CNCC(C)C(=O)N1CCNC(=O)C1(C)C. The zero-order valence-electron chi connectivity index (χ0n) is 10.5. The molecule has 1 aliphatic rings. The summed E-state index contributed by atoms with van der Waals surface area (Å²) in [6.45, 7) is 7.21. The first kappa shape index (κ1) is 13.0. The molecule has 0 aromatic heterocycles. The summed E-state index contributed by atoms with van der Waals surface area (Å²) in [6.07, 6.45) is 0. The largest absolute Gasteiger partial charge is 0.352 e. The predicted octanol–water partition coefficient (Wildman–Crippen LogP) is -0.421. The molecule has 0 aromatic rings. The molecule has 0 spiro atoms. The van der Waals surface area contributed by atoms with Crippen LogP contribution in [-0.4, -0.2) is 48.9 Å². The average molecular weight is 227 g/mol. The zero-order valence-corrected chi connectivity index (χ0v) is 10.5. The van der Waals surface area contributed by atoms with E-state index in [-0.39, 0.29) is 17.7 Å². The fraction of sp³-hybridized carbons (Fsp3) is 0.818. The Bertz CT molecular complexity index is 289. The maximum absolute atomic E-state index is 12.2. The van der Waals surface area contributed by atoms with Crippen LogP contribution in [0.25, 0.3) is 0 Å². The Morgan fingerprint density at radius 1 is 1.62 bits per heavy atom. The molecule has 16 heavy (non-hydrogen) atoms. The highest BCUT2D eigenvalue weighted by Crippen LogP contribution is 2.20. The topological polar surface area (TPSA) is 61.4 Å². The molecular weight excluding hydrogens is 206 g/mol. The second-order valence-electron chi connectivity index (χ2n) is 4.76. The van der Waals surface area contributed by atoms with Crippen LogP contribution in [0.2, 0.25) is 0 Å². The van der Waals surface area contributed by atoms with Crippen LogP contribution in [0.3, 0.4) is 0 Å². The van der Waals surface area contributed by atoms with Gasteiger partial charge < -0.3 is 15.5 Å². The highest BCUT2D eigenvalue weighted by atomic mass is 16.2.